The lowest BCUT2D eigenvalue weighted by Crippen LogP contribution is -2.48. The minimum Gasteiger partial charge on any atom is -0.352 e. The average molecular weight is 428 g/mol. The van der Waals surface area contributed by atoms with Gasteiger partial charge in [-0.2, -0.15) is 0 Å². The van der Waals surface area contributed by atoms with E-state index in [2.05, 4.69) is 55.3 Å². The Morgan fingerprint density at radius 2 is 1.97 bits per heavy atom. The zero-order valence-electron chi connectivity index (χ0n) is 18.7. The van der Waals surface area contributed by atoms with Gasteiger partial charge in [0, 0.05) is 25.6 Å². The van der Waals surface area contributed by atoms with Gasteiger partial charge in [-0.3, -0.25) is 9.59 Å². The van der Waals surface area contributed by atoms with Gasteiger partial charge in [0.1, 0.15) is 0 Å². The second-order valence-electron chi connectivity index (χ2n) is 9.39. The van der Waals surface area contributed by atoms with Gasteiger partial charge < -0.3 is 10.2 Å². The van der Waals surface area contributed by atoms with Gasteiger partial charge in [0.2, 0.25) is 11.8 Å². The number of piperidine rings is 1. The highest BCUT2D eigenvalue weighted by molar-refractivity contribution is 7.13. The van der Waals surface area contributed by atoms with Crippen molar-refractivity contribution in [3.05, 3.63) is 41.0 Å². The van der Waals surface area contributed by atoms with E-state index in [-0.39, 0.29) is 29.1 Å². The van der Waals surface area contributed by atoms with E-state index in [0.29, 0.717) is 13.1 Å². The first-order valence-electron chi connectivity index (χ1n) is 10.7. The standard InChI is InChI=1S/C24H33N3O2S/c1-16(24(3,4)5)23(29)27-12-6-7-20(14-27)22(28)25-13-18-8-10-19(11-9-18)21-17(2)26-15-30-21/h8-11,15-16,20H,6-7,12-14H2,1-5H3,(H,25,28). The molecule has 0 bridgehead atoms. The van der Waals surface area contributed by atoms with Crippen LogP contribution in [-0.4, -0.2) is 34.8 Å². The largest absolute Gasteiger partial charge is 0.352 e. The topological polar surface area (TPSA) is 62.3 Å². The van der Waals surface area contributed by atoms with Crippen LogP contribution in [-0.2, 0) is 16.1 Å². The monoisotopic (exact) mass is 427 g/mol. The fourth-order valence-corrected chi connectivity index (χ4v) is 4.53. The van der Waals surface area contributed by atoms with Gasteiger partial charge in [-0.05, 0) is 36.3 Å². The van der Waals surface area contributed by atoms with Crippen LogP contribution in [0.15, 0.2) is 29.8 Å². The van der Waals surface area contributed by atoms with Crippen molar-refractivity contribution in [3.8, 4) is 10.4 Å². The number of hydrogen-bond donors (Lipinski definition) is 1. The summed E-state index contributed by atoms with van der Waals surface area (Å²) in [4.78, 5) is 33.0. The first-order chi connectivity index (χ1) is 14.2. The fraction of sp³-hybridized carbons (Fsp3) is 0.542. The quantitative estimate of drug-likeness (QED) is 0.755. The van der Waals surface area contributed by atoms with Crippen LogP contribution < -0.4 is 5.32 Å². The van der Waals surface area contributed by atoms with E-state index in [4.69, 9.17) is 0 Å². The lowest BCUT2D eigenvalue weighted by Gasteiger charge is -2.37. The lowest BCUT2D eigenvalue weighted by molar-refractivity contribution is -0.141. The third kappa shape index (κ3) is 5.28. The SMILES string of the molecule is Cc1ncsc1-c1ccc(CNC(=O)C2CCCN(C(=O)C(C)C(C)(C)C)C2)cc1. The normalized spacial score (nSPS) is 18.2. The lowest BCUT2D eigenvalue weighted by atomic mass is 9.80. The predicted octanol–water partition coefficient (Wildman–Crippen LogP) is 4.66. The van der Waals surface area contributed by atoms with Crippen molar-refractivity contribution in [1.82, 2.24) is 15.2 Å². The Morgan fingerprint density at radius 3 is 2.57 bits per heavy atom. The Balaban J connectivity index is 1.54. The molecule has 3 rings (SSSR count). The zero-order valence-corrected chi connectivity index (χ0v) is 19.5. The molecular weight excluding hydrogens is 394 g/mol. The molecule has 0 aliphatic carbocycles. The van der Waals surface area contributed by atoms with Crippen molar-refractivity contribution in [1.29, 1.82) is 0 Å². The van der Waals surface area contributed by atoms with Crippen molar-refractivity contribution in [2.24, 2.45) is 17.3 Å². The third-order valence-corrected chi connectivity index (χ3v) is 7.18. The molecule has 2 atom stereocenters. The maximum atomic E-state index is 12.8. The number of hydrogen-bond acceptors (Lipinski definition) is 4. The van der Waals surface area contributed by atoms with Crippen molar-refractivity contribution in [2.75, 3.05) is 13.1 Å². The molecule has 0 saturated carbocycles. The van der Waals surface area contributed by atoms with E-state index in [9.17, 15) is 9.59 Å². The van der Waals surface area contributed by atoms with Crippen molar-refractivity contribution < 1.29 is 9.59 Å². The molecule has 1 aliphatic rings. The van der Waals surface area contributed by atoms with Crippen LogP contribution in [0.5, 0.6) is 0 Å². The number of nitrogens with zero attached hydrogens (tertiary/aromatic N) is 2. The van der Waals surface area contributed by atoms with Crippen LogP contribution in [0.1, 0.15) is 51.8 Å². The summed E-state index contributed by atoms with van der Waals surface area (Å²) in [6.07, 6.45) is 1.71. The summed E-state index contributed by atoms with van der Waals surface area (Å²) in [7, 11) is 0. The molecule has 2 heterocycles. The number of carbonyl (C=O) groups excluding carboxylic acids is 2. The Morgan fingerprint density at radius 1 is 1.27 bits per heavy atom. The van der Waals surface area contributed by atoms with Crippen LogP contribution in [0.3, 0.4) is 0 Å². The summed E-state index contributed by atoms with van der Waals surface area (Å²) in [6.45, 7) is 12.0. The van der Waals surface area contributed by atoms with Crippen molar-refractivity contribution >= 4 is 23.2 Å². The van der Waals surface area contributed by atoms with E-state index in [1.807, 2.05) is 24.3 Å². The first kappa shape index (κ1) is 22.5. The van der Waals surface area contributed by atoms with Crippen LogP contribution in [0.2, 0.25) is 0 Å². The van der Waals surface area contributed by atoms with E-state index in [0.717, 1.165) is 36.2 Å². The molecule has 2 unspecified atom stereocenters. The van der Waals surface area contributed by atoms with Gasteiger partial charge >= 0.3 is 0 Å². The highest BCUT2D eigenvalue weighted by atomic mass is 32.1. The molecule has 5 nitrogen and oxygen atoms in total. The van der Waals surface area contributed by atoms with Crippen molar-refractivity contribution in [3.63, 3.8) is 0 Å². The van der Waals surface area contributed by atoms with E-state index in [1.54, 1.807) is 11.3 Å². The molecule has 1 aromatic heterocycles. The molecule has 1 aromatic carbocycles. The van der Waals surface area contributed by atoms with Gasteiger partial charge in [0.05, 0.1) is 22.0 Å². The minimum absolute atomic E-state index is 0.0401. The molecule has 30 heavy (non-hydrogen) atoms. The molecular formula is C24H33N3O2S. The van der Waals surface area contributed by atoms with Crippen LogP contribution >= 0.6 is 11.3 Å². The highest BCUT2D eigenvalue weighted by Gasteiger charge is 2.34. The number of amides is 2. The number of aromatic nitrogens is 1. The molecule has 0 spiro atoms. The van der Waals surface area contributed by atoms with Gasteiger partial charge in [-0.1, -0.05) is 52.0 Å². The maximum Gasteiger partial charge on any atom is 0.225 e. The Bertz CT molecular complexity index is 883. The van der Waals surface area contributed by atoms with Gasteiger partial charge in [-0.15, -0.1) is 11.3 Å². The van der Waals surface area contributed by atoms with Crippen LogP contribution in [0.4, 0.5) is 0 Å². The summed E-state index contributed by atoms with van der Waals surface area (Å²) in [5.41, 5.74) is 5.05. The fourth-order valence-electron chi connectivity index (χ4n) is 3.72. The Hall–Kier alpha value is -2.21. The predicted molar refractivity (Wildman–Crippen MR) is 122 cm³/mol. The second kappa shape index (κ2) is 9.29. The number of likely N-dealkylation sites (tertiary alicyclic amines) is 1. The summed E-state index contributed by atoms with van der Waals surface area (Å²) in [5, 5.41) is 3.07. The number of carbonyl (C=O) groups is 2. The zero-order chi connectivity index (χ0) is 21.9. The summed E-state index contributed by atoms with van der Waals surface area (Å²) < 4.78 is 0. The number of aryl methyl sites for hydroxylation is 1. The van der Waals surface area contributed by atoms with Crippen LogP contribution in [0.25, 0.3) is 10.4 Å². The Labute approximate surface area is 183 Å². The highest BCUT2D eigenvalue weighted by Crippen LogP contribution is 2.29. The summed E-state index contributed by atoms with van der Waals surface area (Å²) in [5.74, 6) is 0.0150. The molecule has 2 amide bonds. The summed E-state index contributed by atoms with van der Waals surface area (Å²) in [6, 6.07) is 8.26. The smallest absolute Gasteiger partial charge is 0.225 e. The third-order valence-electron chi connectivity index (χ3n) is 6.20. The number of thiazole rings is 1. The van der Waals surface area contributed by atoms with E-state index >= 15 is 0 Å². The van der Waals surface area contributed by atoms with Crippen LogP contribution in [0, 0.1) is 24.2 Å². The molecule has 1 aliphatic heterocycles. The summed E-state index contributed by atoms with van der Waals surface area (Å²) >= 11 is 1.64. The molecule has 0 radical (unpaired) electrons. The van der Waals surface area contributed by atoms with Crippen molar-refractivity contribution in [2.45, 2.75) is 54.0 Å². The van der Waals surface area contributed by atoms with Gasteiger partial charge in [0.15, 0.2) is 0 Å². The number of benzene rings is 1. The molecule has 162 valence electrons. The minimum atomic E-state index is -0.131. The number of nitrogens with one attached hydrogen (secondary N) is 1. The van der Waals surface area contributed by atoms with E-state index < -0.39 is 0 Å². The molecule has 1 saturated heterocycles. The van der Waals surface area contributed by atoms with E-state index in [1.165, 1.54) is 4.88 Å². The molecule has 2 aromatic rings. The second-order valence-corrected chi connectivity index (χ2v) is 10.2. The average Bonchev–Trinajstić information content (AvgIpc) is 3.16. The Kier molecular flexibility index (Phi) is 6.96. The maximum absolute atomic E-state index is 12.8. The first-order valence-corrected chi connectivity index (χ1v) is 11.6. The van der Waals surface area contributed by atoms with Gasteiger partial charge in [-0.25, -0.2) is 4.98 Å². The molecule has 1 N–H and O–H groups in total. The molecule has 6 heteroatoms. The molecule has 1 fully saturated rings. The van der Waals surface area contributed by atoms with Gasteiger partial charge in [0.25, 0.3) is 0 Å². The number of rotatable bonds is 5.